The average molecular weight is 435 g/mol. The maximum Gasteiger partial charge on any atom is 0.313 e. The molecule has 0 unspecified atom stereocenters. The van der Waals surface area contributed by atoms with Crippen LogP contribution in [0.3, 0.4) is 0 Å². The van der Waals surface area contributed by atoms with Crippen LogP contribution in [0, 0.1) is 17.8 Å². The van der Waals surface area contributed by atoms with Crippen molar-refractivity contribution in [2.45, 2.75) is 44.1 Å². The summed E-state index contributed by atoms with van der Waals surface area (Å²) in [5, 5.41) is 5.24. The van der Waals surface area contributed by atoms with Gasteiger partial charge >= 0.3 is 5.82 Å². The molecule has 4 bridgehead atoms. The lowest BCUT2D eigenvalue weighted by atomic mass is 9.53. The molecular weight excluding hydrogens is 410 g/mol. The van der Waals surface area contributed by atoms with Crippen molar-refractivity contribution >= 4 is 15.9 Å². The summed E-state index contributed by atoms with van der Waals surface area (Å²) < 4.78 is 5.74. The second-order valence-corrected chi connectivity index (χ2v) is 10.2. The SMILES string of the molecule is Brc1ccc(-[n+]2cn(C34CC5CC(CC(C5)C3)C4)nc2-c2ccccc2)cc1. The first-order valence-corrected chi connectivity index (χ1v) is 11.3. The fraction of sp³-hybridized carbons (Fsp3) is 0.417. The Kier molecular flexibility index (Phi) is 3.81. The molecule has 0 atom stereocenters. The molecule has 4 aliphatic carbocycles. The van der Waals surface area contributed by atoms with Crippen LogP contribution in [0.5, 0.6) is 0 Å². The summed E-state index contributed by atoms with van der Waals surface area (Å²) in [6.45, 7) is 0. The van der Waals surface area contributed by atoms with Crippen molar-refractivity contribution in [1.82, 2.24) is 9.78 Å². The number of hydrogen-bond donors (Lipinski definition) is 0. The highest BCUT2D eigenvalue weighted by Crippen LogP contribution is 2.58. The van der Waals surface area contributed by atoms with Gasteiger partial charge in [0.05, 0.1) is 5.56 Å². The van der Waals surface area contributed by atoms with Gasteiger partial charge < -0.3 is 0 Å². The summed E-state index contributed by atoms with van der Waals surface area (Å²) in [7, 11) is 0. The third-order valence-corrected chi connectivity index (χ3v) is 7.81. The molecule has 4 saturated carbocycles. The molecule has 0 aliphatic heterocycles. The molecule has 1 aromatic heterocycles. The summed E-state index contributed by atoms with van der Waals surface area (Å²) in [5.74, 6) is 3.78. The smallest absolute Gasteiger partial charge is 0.196 e. The van der Waals surface area contributed by atoms with Gasteiger partial charge in [0.15, 0.2) is 0 Å². The number of aromatic nitrogens is 3. The average Bonchev–Trinajstić information content (AvgIpc) is 3.15. The molecule has 1 heterocycles. The first-order valence-electron chi connectivity index (χ1n) is 10.5. The largest absolute Gasteiger partial charge is 0.313 e. The van der Waals surface area contributed by atoms with E-state index in [1.54, 1.807) is 0 Å². The summed E-state index contributed by atoms with van der Waals surface area (Å²) in [6, 6.07) is 19.2. The van der Waals surface area contributed by atoms with Gasteiger partial charge in [0.2, 0.25) is 6.33 Å². The first kappa shape index (κ1) is 17.0. The van der Waals surface area contributed by atoms with E-state index in [-0.39, 0.29) is 5.54 Å². The zero-order valence-corrected chi connectivity index (χ0v) is 17.6. The van der Waals surface area contributed by atoms with Crippen molar-refractivity contribution in [3.8, 4) is 17.1 Å². The second kappa shape index (κ2) is 6.28. The Morgan fingerprint density at radius 3 is 2.07 bits per heavy atom. The Bertz CT molecular complexity index is 971. The molecule has 142 valence electrons. The van der Waals surface area contributed by atoms with Gasteiger partial charge in [-0.25, -0.2) is 0 Å². The van der Waals surface area contributed by atoms with Crippen LogP contribution in [0.2, 0.25) is 0 Å². The van der Waals surface area contributed by atoms with E-state index < -0.39 is 0 Å². The molecule has 7 rings (SSSR count). The zero-order chi connectivity index (χ0) is 18.7. The molecule has 3 nitrogen and oxygen atoms in total. The molecule has 3 aromatic rings. The van der Waals surface area contributed by atoms with Gasteiger partial charge in [-0.15, -0.1) is 4.68 Å². The molecule has 4 heteroatoms. The normalized spacial score (nSPS) is 30.7. The summed E-state index contributed by atoms with van der Waals surface area (Å²) in [4.78, 5) is 0. The van der Waals surface area contributed by atoms with Crippen LogP contribution in [0.4, 0.5) is 0 Å². The Hall–Kier alpha value is -1.94. The highest BCUT2D eigenvalue weighted by atomic mass is 79.9. The lowest BCUT2D eigenvalue weighted by Crippen LogP contribution is -2.52. The quantitative estimate of drug-likeness (QED) is 0.497. The fourth-order valence-electron chi connectivity index (χ4n) is 6.49. The third-order valence-electron chi connectivity index (χ3n) is 7.28. The molecule has 4 aliphatic rings. The molecular formula is C24H25BrN3+. The van der Waals surface area contributed by atoms with Crippen molar-refractivity contribution in [3.05, 3.63) is 65.4 Å². The molecule has 0 saturated heterocycles. The molecule has 4 fully saturated rings. The highest BCUT2D eigenvalue weighted by Gasteiger charge is 2.55. The number of nitrogens with zero attached hydrogens (tertiary/aromatic N) is 3. The van der Waals surface area contributed by atoms with E-state index in [0.29, 0.717) is 0 Å². The van der Waals surface area contributed by atoms with Crippen LogP contribution < -0.4 is 4.57 Å². The predicted octanol–water partition coefficient (Wildman–Crippen LogP) is 5.51. The molecule has 0 amide bonds. The first-order chi connectivity index (χ1) is 13.7. The summed E-state index contributed by atoms with van der Waals surface area (Å²) in [6.07, 6.45) is 10.6. The van der Waals surface area contributed by atoms with Gasteiger partial charge in [0.1, 0.15) is 11.2 Å². The van der Waals surface area contributed by atoms with E-state index in [9.17, 15) is 0 Å². The Balaban J connectivity index is 1.50. The van der Waals surface area contributed by atoms with Crippen LogP contribution in [0.25, 0.3) is 17.1 Å². The Labute approximate surface area is 174 Å². The van der Waals surface area contributed by atoms with E-state index in [0.717, 1.165) is 33.7 Å². The monoisotopic (exact) mass is 434 g/mol. The van der Waals surface area contributed by atoms with Crippen molar-refractivity contribution in [1.29, 1.82) is 0 Å². The number of halogens is 1. The molecule has 0 N–H and O–H groups in total. The second-order valence-electron chi connectivity index (χ2n) is 9.24. The summed E-state index contributed by atoms with van der Waals surface area (Å²) in [5.41, 5.74) is 2.57. The summed E-state index contributed by atoms with van der Waals surface area (Å²) >= 11 is 3.56. The Morgan fingerprint density at radius 2 is 1.46 bits per heavy atom. The third kappa shape index (κ3) is 2.68. The highest BCUT2D eigenvalue weighted by molar-refractivity contribution is 9.10. The van der Waals surface area contributed by atoms with Gasteiger partial charge in [0, 0.05) is 9.57 Å². The molecule has 0 spiro atoms. The van der Waals surface area contributed by atoms with E-state index in [1.165, 1.54) is 44.1 Å². The van der Waals surface area contributed by atoms with Crippen molar-refractivity contribution in [2.24, 2.45) is 17.8 Å². The van der Waals surface area contributed by atoms with Crippen LogP contribution in [0.15, 0.2) is 65.4 Å². The van der Waals surface area contributed by atoms with Crippen molar-refractivity contribution < 1.29 is 4.57 Å². The topological polar surface area (TPSA) is 21.7 Å². The van der Waals surface area contributed by atoms with Gasteiger partial charge in [-0.3, -0.25) is 0 Å². The number of benzene rings is 2. The van der Waals surface area contributed by atoms with Gasteiger partial charge in [-0.05, 0) is 92.7 Å². The minimum atomic E-state index is 0.235. The fourth-order valence-corrected chi connectivity index (χ4v) is 6.75. The van der Waals surface area contributed by atoms with Crippen LogP contribution >= 0.6 is 15.9 Å². The number of hydrogen-bond acceptors (Lipinski definition) is 1. The van der Waals surface area contributed by atoms with Crippen LogP contribution in [0.1, 0.15) is 38.5 Å². The lowest BCUT2D eigenvalue weighted by molar-refractivity contribution is -0.585. The van der Waals surface area contributed by atoms with Crippen LogP contribution in [-0.2, 0) is 5.54 Å². The maximum atomic E-state index is 5.24. The lowest BCUT2D eigenvalue weighted by Gasteiger charge is -2.54. The molecule has 2 aromatic carbocycles. The van der Waals surface area contributed by atoms with Gasteiger partial charge in [0.25, 0.3) is 0 Å². The maximum absolute atomic E-state index is 5.24. The van der Waals surface area contributed by atoms with Crippen molar-refractivity contribution in [2.75, 3.05) is 0 Å². The molecule has 0 radical (unpaired) electrons. The zero-order valence-electron chi connectivity index (χ0n) is 16.0. The van der Waals surface area contributed by atoms with Gasteiger partial charge in [-0.1, -0.05) is 34.1 Å². The van der Waals surface area contributed by atoms with E-state index in [1.807, 2.05) is 0 Å². The van der Waals surface area contributed by atoms with E-state index in [4.69, 9.17) is 5.10 Å². The minimum absolute atomic E-state index is 0.235. The Morgan fingerprint density at radius 1 is 0.857 bits per heavy atom. The van der Waals surface area contributed by atoms with E-state index in [2.05, 4.69) is 86.1 Å². The predicted molar refractivity (Wildman–Crippen MR) is 113 cm³/mol. The van der Waals surface area contributed by atoms with Gasteiger partial charge in [-0.2, -0.15) is 4.57 Å². The standard InChI is InChI=1S/C24H25BrN3/c25-21-6-8-22(9-7-21)27-16-28(26-23(27)20-4-2-1-3-5-20)24-13-17-10-18(14-24)12-19(11-17)15-24/h1-9,16-19H,10-15H2/q+1. The number of rotatable bonds is 3. The van der Waals surface area contributed by atoms with Crippen molar-refractivity contribution in [3.63, 3.8) is 0 Å². The minimum Gasteiger partial charge on any atom is -0.196 e. The van der Waals surface area contributed by atoms with E-state index >= 15 is 0 Å². The molecule has 28 heavy (non-hydrogen) atoms. The van der Waals surface area contributed by atoms with Crippen LogP contribution in [-0.4, -0.2) is 9.78 Å².